The minimum Gasteiger partial charge on any atom is -0.432 e. The summed E-state index contributed by atoms with van der Waals surface area (Å²) in [5.74, 6) is -0.382. The van der Waals surface area contributed by atoms with Gasteiger partial charge in [0.15, 0.2) is 0 Å². The molecular weight excluding hydrogens is 282 g/mol. The van der Waals surface area contributed by atoms with E-state index in [0.29, 0.717) is 17.7 Å². The molecule has 0 radical (unpaired) electrons. The van der Waals surface area contributed by atoms with Gasteiger partial charge in [-0.2, -0.15) is 0 Å². The highest BCUT2D eigenvalue weighted by atomic mass is 16.5. The van der Waals surface area contributed by atoms with Crippen LogP contribution in [0.3, 0.4) is 0 Å². The van der Waals surface area contributed by atoms with Gasteiger partial charge in [-0.3, -0.25) is 15.0 Å². The molecule has 1 amide bonds. The maximum absolute atomic E-state index is 11.7. The summed E-state index contributed by atoms with van der Waals surface area (Å²) in [6, 6.07) is 7.55. The molecule has 1 aromatic rings. The number of esters is 1. The number of hydrogen-bond acceptors (Lipinski definition) is 4. The highest BCUT2D eigenvalue weighted by molar-refractivity contribution is 5.94. The zero-order valence-electron chi connectivity index (χ0n) is 12.2. The molecule has 2 rings (SSSR count). The number of benzene rings is 1. The molecule has 0 fully saturated rings. The van der Waals surface area contributed by atoms with E-state index in [4.69, 9.17) is 11.1 Å². The molecule has 0 saturated carbocycles. The predicted octanol–water partition coefficient (Wildman–Crippen LogP) is 1.59. The number of nitrogens with two attached hydrogens (primary N) is 1. The summed E-state index contributed by atoms with van der Waals surface area (Å²) in [7, 11) is 0. The number of carbonyl (C=O) groups excluding carboxylic acids is 2. The van der Waals surface area contributed by atoms with Crippen molar-refractivity contribution in [2.45, 2.75) is 32.1 Å². The van der Waals surface area contributed by atoms with Crippen LogP contribution in [0.25, 0.3) is 0 Å². The van der Waals surface area contributed by atoms with Gasteiger partial charge in [-0.1, -0.05) is 24.3 Å². The summed E-state index contributed by atoms with van der Waals surface area (Å²) in [6.45, 7) is 0. The van der Waals surface area contributed by atoms with E-state index in [1.54, 1.807) is 0 Å². The molecular formula is C16H19N3O3. The third-order valence-electron chi connectivity index (χ3n) is 3.35. The van der Waals surface area contributed by atoms with Gasteiger partial charge >= 0.3 is 5.97 Å². The lowest BCUT2D eigenvalue weighted by Crippen LogP contribution is -2.21. The van der Waals surface area contributed by atoms with Crippen LogP contribution in [0, 0.1) is 5.41 Å². The Morgan fingerprint density at radius 1 is 1.27 bits per heavy atom. The van der Waals surface area contributed by atoms with Crippen molar-refractivity contribution in [2.75, 3.05) is 0 Å². The summed E-state index contributed by atoms with van der Waals surface area (Å²) < 4.78 is 4.64. The molecule has 0 spiro atoms. The third-order valence-corrected chi connectivity index (χ3v) is 3.35. The molecule has 22 heavy (non-hydrogen) atoms. The van der Waals surface area contributed by atoms with Crippen LogP contribution < -0.4 is 11.1 Å². The van der Waals surface area contributed by atoms with Crippen molar-refractivity contribution >= 4 is 17.7 Å². The Bertz CT molecular complexity index is 606. The summed E-state index contributed by atoms with van der Waals surface area (Å²) in [6.07, 6.45) is 4.36. The number of rotatable bonds is 7. The van der Waals surface area contributed by atoms with E-state index in [2.05, 4.69) is 10.1 Å². The van der Waals surface area contributed by atoms with Crippen LogP contribution in [-0.2, 0) is 20.7 Å². The van der Waals surface area contributed by atoms with Gasteiger partial charge in [0.1, 0.15) is 12.1 Å². The van der Waals surface area contributed by atoms with Gasteiger partial charge < -0.3 is 15.8 Å². The second-order valence-electron chi connectivity index (χ2n) is 5.18. The first-order valence-electron chi connectivity index (χ1n) is 7.16. The Kier molecular flexibility index (Phi) is 5.30. The molecule has 6 nitrogen and oxygen atoms in total. The molecule has 1 heterocycles. The molecule has 4 N–H and O–H groups in total. The van der Waals surface area contributed by atoms with E-state index in [1.807, 2.05) is 24.3 Å². The van der Waals surface area contributed by atoms with Crippen molar-refractivity contribution in [3.63, 3.8) is 0 Å². The molecule has 0 aliphatic carbocycles. The number of carbonyl (C=O) groups is 2. The Hall–Kier alpha value is -2.63. The zero-order chi connectivity index (χ0) is 15.9. The average molecular weight is 301 g/mol. The van der Waals surface area contributed by atoms with Gasteiger partial charge in [0.2, 0.25) is 5.91 Å². The van der Waals surface area contributed by atoms with Gasteiger partial charge in [-0.25, -0.2) is 0 Å². The standard InChI is InChI=1S/C16H19N3O3/c17-16(18)12-7-5-11(6-8-12)3-1-2-4-14(20)19-13-9-15(21)22-10-13/h5-8,10H,1-4,9H2,(H3,17,18)(H,19,20). The number of ether oxygens (including phenoxy) is 1. The number of hydrogen-bond donors (Lipinski definition) is 3. The Morgan fingerprint density at radius 2 is 2.00 bits per heavy atom. The van der Waals surface area contributed by atoms with E-state index < -0.39 is 0 Å². The topological polar surface area (TPSA) is 105 Å². The number of nitrogens with one attached hydrogen (secondary N) is 2. The van der Waals surface area contributed by atoms with Crippen molar-refractivity contribution in [1.29, 1.82) is 5.41 Å². The number of cyclic esters (lactones) is 1. The van der Waals surface area contributed by atoms with Crippen LogP contribution >= 0.6 is 0 Å². The van der Waals surface area contributed by atoms with E-state index in [-0.39, 0.29) is 24.1 Å². The number of amides is 1. The average Bonchev–Trinajstić information content (AvgIpc) is 2.89. The number of unbranched alkanes of at least 4 members (excludes halogenated alkanes) is 1. The zero-order valence-corrected chi connectivity index (χ0v) is 12.2. The van der Waals surface area contributed by atoms with Crippen molar-refractivity contribution < 1.29 is 14.3 Å². The van der Waals surface area contributed by atoms with Crippen molar-refractivity contribution in [2.24, 2.45) is 5.73 Å². The maximum Gasteiger partial charge on any atom is 0.316 e. The van der Waals surface area contributed by atoms with Gasteiger partial charge in [0.25, 0.3) is 0 Å². The first-order valence-corrected chi connectivity index (χ1v) is 7.16. The van der Waals surface area contributed by atoms with Crippen LogP contribution in [0.5, 0.6) is 0 Å². The van der Waals surface area contributed by atoms with Gasteiger partial charge in [-0.15, -0.1) is 0 Å². The fourth-order valence-corrected chi connectivity index (χ4v) is 2.16. The molecule has 0 aromatic heterocycles. The number of amidine groups is 1. The second kappa shape index (κ2) is 7.40. The largest absolute Gasteiger partial charge is 0.432 e. The van der Waals surface area contributed by atoms with E-state index in [0.717, 1.165) is 24.8 Å². The SMILES string of the molecule is N=C(N)c1ccc(CCCCC(=O)NC2=COC(=O)C2)cc1. The number of aryl methyl sites for hydroxylation is 1. The van der Waals surface area contributed by atoms with Crippen molar-refractivity contribution in [1.82, 2.24) is 5.32 Å². The third kappa shape index (κ3) is 4.73. The minimum absolute atomic E-state index is 0.0619. The maximum atomic E-state index is 11.7. The van der Waals surface area contributed by atoms with E-state index in [1.165, 1.54) is 6.26 Å². The smallest absolute Gasteiger partial charge is 0.316 e. The quantitative estimate of drug-likeness (QED) is 0.308. The predicted molar refractivity (Wildman–Crippen MR) is 81.9 cm³/mol. The monoisotopic (exact) mass is 301 g/mol. The van der Waals surface area contributed by atoms with Crippen LogP contribution in [0.15, 0.2) is 36.2 Å². The first-order chi connectivity index (χ1) is 10.5. The minimum atomic E-state index is -0.343. The van der Waals surface area contributed by atoms with Crippen LogP contribution in [-0.4, -0.2) is 17.7 Å². The van der Waals surface area contributed by atoms with E-state index >= 15 is 0 Å². The lowest BCUT2D eigenvalue weighted by molar-refractivity contribution is -0.135. The van der Waals surface area contributed by atoms with Crippen molar-refractivity contribution in [3.05, 3.63) is 47.4 Å². The highest BCUT2D eigenvalue weighted by Crippen LogP contribution is 2.11. The normalized spacial score (nSPS) is 13.5. The lowest BCUT2D eigenvalue weighted by Gasteiger charge is -2.05. The van der Waals surface area contributed by atoms with Crippen molar-refractivity contribution in [3.8, 4) is 0 Å². The molecule has 1 aromatic carbocycles. The summed E-state index contributed by atoms with van der Waals surface area (Å²) >= 11 is 0. The lowest BCUT2D eigenvalue weighted by atomic mass is 10.0. The molecule has 116 valence electrons. The first kappa shape index (κ1) is 15.8. The molecule has 6 heteroatoms. The Labute approximate surface area is 128 Å². The molecule has 0 saturated heterocycles. The van der Waals surface area contributed by atoms with Crippen LogP contribution in [0.1, 0.15) is 36.8 Å². The fraction of sp³-hybridized carbons (Fsp3) is 0.312. The fourth-order valence-electron chi connectivity index (χ4n) is 2.16. The van der Waals surface area contributed by atoms with E-state index in [9.17, 15) is 9.59 Å². The Morgan fingerprint density at radius 3 is 2.59 bits per heavy atom. The molecule has 0 unspecified atom stereocenters. The molecule has 1 aliphatic heterocycles. The Balaban J connectivity index is 1.65. The number of nitrogen functional groups attached to an aromatic ring is 1. The van der Waals surface area contributed by atoms with Gasteiger partial charge in [-0.05, 0) is 24.8 Å². The molecule has 1 aliphatic rings. The van der Waals surface area contributed by atoms with Gasteiger partial charge in [0, 0.05) is 12.0 Å². The second-order valence-corrected chi connectivity index (χ2v) is 5.18. The summed E-state index contributed by atoms with van der Waals surface area (Å²) in [5, 5.41) is 9.99. The molecule has 0 atom stereocenters. The molecule has 0 bridgehead atoms. The van der Waals surface area contributed by atoms with Crippen LogP contribution in [0.2, 0.25) is 0 Å². The van der Waals surface area contributed by atoms with Crippen LogP contribution in [0.4, 0.5) is 0 Å². The highest BCUT2D eigenvalue weighted by Gasteiger charge is 2.16. The summed E-state index contributed by atoms with van der Waals surface area (Å²) in [5.41, 5.74) is 7.79. The summed E-state index contributed by atoms with van der Waals surface area (Å²) in [4.78, 5) is 22.6. The van der Waals surface area contributed by atoms with Gasteiger partial charge in [0.05, 0.1) is 12.1 Å².